The number of hydrogen-bond acceptors (Lipinski definition) is 4. The van der Waals surface area contributed by atoms with Gasteiger partial charge in [0, 0.05) is 26.0 Å². The average molecular weight is 473 g/mol. The normalized spacial score (nSPS) is 9.88. The van der Waals surface area contributed by atoms with Gasteiger partial charge in [0.05, 0.1) is 5.02 Å². The maximum Gasteiger partial charge on any atom is 0.128 e. The quantitative estimate of drug-likeness (QED) is 0.339. The summed E-state index contributed by atoms with van der Waals surface area (Å²) in [5.74, 6) is 1.19. The van der Waals surface area contributed by atoms with Gasteiger partial charge in [0.15, 0.2) is 0 Å². The van der Waals surface area contributed by atoms with E-state index in [-0.39, 0.29) is 5.82 Å². The number of nitrogens with zero attached hydrogens (tertiary/aromatic N) is 3. The molecule has 0 spiro atoms. The molecule has 0 radical (unpaired) electrons. The maximum atomic E-state index is 13.0. The van der Waals surface area contributed by atoms with Gasteiger partial charge >= 0.3 is 0 Å². The summed E-state index contributed by atoms with van der Waals surface area (Å²) in [7, 11) is 1.94. The molecule has 0 atom stereocenters. The molecule has 0 bridgehead atoms. The summed E-state index contributed by atoms with van der Waals surface area (Å²) in [5, 5.41) is 0.657. The molecule has 2 aromatic heterocycles. The summed E-state index contributed by atoms with van der Waals surface area (Å²) in [6, 6.07) is 14.1. The minimum atomic E-state index is -0.202. The average Bonchev–Trinajstić information content (AvgIpc) is 2.81. The van der Waals surface area contributed by atoms with Crippen LogP contribution >= 0.6 is 11.6 Å². The van der Waals surface area contributed by atoms with Crippen LogP contribution in [-0.4, -0.2) is 17.0 Å². The molecule has 3 rings (SSSR count). The van der Waals surface area contributed by atoms with Crippen LogP contribution in [0.2, 0.25) is 5.02 Å². The molecule has 2 N–H and O–H groups in total. The highest BCUT2D eigenvalue weighted by molar-refractivity contribution is 6.31. The van der Waals surface area contributed by atoms with E-state index in [0.29, 0.717) is 17.4 Å². The summed E-state index contributed by atoms with van der Waals surface area (Å²) in [4.78, 5) is 10.00. The van der Waals surface area contributed by atoms with Gasteiger partial charge in [-0.3, -0.25) is 0 Å². The second-order valence-electron chi connectivity index (χ2n) is 7.95. The molecule has 33 heavy (non-hydrogen) atoms. The molecule has 0 unspecified atom stereocenters. The van der Waals surface area contributed by atoms with Crippen molar-refractivity contribution in [1.29, 1.82) is 0 Å². The Kier molecular flexibility index (Phi) is 14.5. The van der Waals surface area contributed by atoms with E-state index in [9.17, 15) is 4.39 Å². The van der Waals surface area contributed by atoms with Crippen LogP contribution in [0.5, 0.6) is 0 Å². The monoisotopic (exact) mass is 472 g/mol. The molecule has 0 aliphatic heterocycles. The van der Waals surface area contributed by atoms with Crippen molar-refractivity contribution in [2.75, 3.05) is 17.7 Å². The highest BCUT2D eigenvalue weighted by Gasteiger charge is 2.03. The van der Waals surface area contributed by atoms with E-state index in [4.69, 9.17) is 17.3 Å². The van der Waals surface area contributed by atoms with Gasteiger partial charge in [0.2, 0.25) is 0 Å². The number of halogens is 2. The van der Waals surface area contributed by atoms with Crippen molar-refractivity contribution in [1.82, 2.24) is 9.97 Å². The maximum absolute atomic E-state index is 13.0. The fourth-order valence-electron chi connectivity index (χ4n) is 2.98. The standard InChI is InChI=1S/C13H13FN2.C8H18.C6H7ClN2/c1-16(13-7-2-3-8-15-13)10-11-5-4-6-12(14)9-11;1-3-5-7-8-6-4-2;1-4-2-6(8)9-3-5(4)7/h2-9H,10H2,1H3;3-8H2,1-2H3;2-3H,1H3,(H2,8,9). The van der Waals surface area contributed by atoms with Gasteiger partial charge in [-0.1, -0.05) is 82.2 Å². The molecule has 0 saturated heterocycles. The van der Waals surface area contributed by atoms with Gasteiger partial charge < -0.3 is 10.6 Å². The number of pyridine rings is 2. The third kappa shape index (κ3) is 12.8. The molecule has 0 saturated carbocycles. The first-order valence-electron chi connectivity index (χ1n) is 11.6. The molecule has 6 heteroatoms. The Morgan fingerprint density at radius 3 is 2.15 bits per heavy atom. The van der Waals surface area contributed by atoms with Crippen LogP contribution in [-0.2, 0) is 6.54 Å². The van der Waals surface area contributed by atoms with Crippen LogP contribution in [0.4, 0.5) is 16.0 Å². The molecule has 1 aromatic carbocycles. The lowest BCUT2D eigenvalue weighted by atomic mass is 10.1. The van der Waals surface area contributed by atoms with Crippen molar-refractivity contribution in [2.24, 2.45) is 0 Å². The largest absolute Gasteiger partial charge is 0.384 e. The van der Waals surface area contributed by atoms with Crippen molar-refractivity contribution in [2.45, 2.75) is 65.8 Å². The van der Waals surface area contributed by atoms with Crippen molar-refractivity contribution >= 4 is 23.2 Å². The molecule has 0 aliphatic carbocycles. The van der Waals surface area contributed by atoms with Gasteiger partial charge in [-0.2, -0.15) is 0 Å². The fourth-order valence-corrected chi connectivity index (χ4v) is 3.09. The summed E-state index contributed by atoms with van der Waals surface area (Å²) in [6.45, 7) is 7.05. The molecule has 3 aromatic rings. The van der Waals surface area contributed by atoms with E-state index in [1.807, 2.05) is 43.1 Å². The number of hydrogen-bond donors (Lipinski definition) is 1. The van der Waals surface area contributed by atoms with Crippen molar-refractivity contribution < 1.29 is 4.39 Å². The summed E-state index contributed by atoms with van der Waals surface area (Å²) in [6.07, 6.45) is 11.8. The van der Waals surface area contributed by atoms with Gasteiger partial charge in [-0.25, -0.2) is 14.4 Å². The third-order valence-electron chi connectivity index (χ3n) is 4.87. The Bertz CT molecular complexity index is 900. The summed E-state index contributed by atoms with van der Waals surface area (Å²) >= 11 is 5.66. The van der Waals surface area contributed by atoms with Crippen LogP contribution in [0, 0.1) is 12.7 Å². The zero-order chi connectivity index (χ0) is 24.5. The Morgan fingerprint density at radius 1 is 0.939 bits per heavy atom. The first kappa shape index (κ1) is 28.4. The number of aryl methyl sites for hydroxylation is 1. The van der Waals surface area contributed by atoms with Crippen LogP contribution in [0.3, 0.4) is 0 Å². The third-order valence-corrected chi connectivity index (χ3v) is 5.27. The van der Waals surface area contributed by atoms with Gasteiger partial charge in [-0.05, 0) is 48.4 Å². The van der Waals surface area contributed by atoms with Crippen LogP contribution in [0.15, 0.2) is 60.9 Å². The minimum absolute atomic E-state index is 0.202. The second kappa shape index (κ2) is 16.9. The molecular formula is C27H38ClFN4. The Hall–Kier alpha value is -2.66. The molecule has 0 amide bonds. The lowest BCUT2D eigenvalue weighted by Crippen LogP contribution is -2.17. The highest BCUT2D eigenvalue weighted by atomic mass is 35.5. The second-order valence-corrected chi connectivity index (χ2v) is 8.35. The zero-order valence-electron chi connectivity index (χ0n) is 20.4. The fraction of sp³-hybridized carbons (Fsp3) is 0.407. The number of nitrogens with two attached hydrogens (primary N) is 1. The predicted octanol–water partition coefficient (Wildman–Crippen LogP) is 7.85. The van der Waals surface area contributed by atoms with Crippen molar-refractivity contribution in [3.05, 3.63) is 82.9 Å². The lowest BCUT2D eigenvalue weighted by molar-refractivity contribution is 0.624. The van der Waals surface area contributed by atoms with E-state index < -0.39 is 0 Å². The Labute approximate surface area is 204 Å². The van der Waals surface area contributed by atoms with Crippen molar-refractivity contribution in [3.63, 3.8) is 0 Å². The molecule has 2 heterocycles. The van der Waals surface area contributed by atoms with E-state index >= 15 is 0 Å². The smallest absolute Gasteiger partial charge is 0.128 e. The number of anilines is 2. The van der Waals surface area contributed by atoms with E-state index in [2.05, 4.69) is 23.8 Å². The molecule has 0 aliphatic rings. The lowest BCUT2D eigenvalue weighted by Gasteiger charge is -2.17. The minimum Gasteiger partial charge on any atom is -0.384 e. The van der Waals surface area contributed by atoms with Gasteiger partial charge in [0.1, 0.15) is 17.5 Å². The summed E-state index contributed by atoms with van der Waals surface area (Å²) < 4.78 is 13.0. The SMILES string of the molecule is CCCCCCCC.CN(Cc1cccc(F)c1)c1ccccn1.Cc1cc(N)ncc1Cl. The topological polar surface area (TPSA) is 55.0 Å². The number of unbranched alkanes of at least 4 members (excludes halogenated alkanes) is 5. The Balaban J connectivity index is 0.000000273. The first-order chi connectivity index (χ1) is 15.9. The predicted molar refractivity (Wildman–Crippen MR) is 140 cm³/mol. The van der Waals surface area contributed by atoms with Crippen LogP contribution in [0.25, 0.3) is 0 Å². The number of rotatable bonds is 8. The van der Waals surface area contributed by atoms with E-state index in [1.165, 1.54) is 44.6 Å². The number of aromatic nitrogens is 2. The molecular weight excluding hydrogens is 435 g/mol. The number of benzene rings is 1. The molecule has 0 fully saturated rings. The van der Waals surface area contributed by atoms with E-state index in [0.717, 1.165) is 16.9 Å². The Morgan fingerprint density at radius 2 is 1.64 bits per heavy atom. The van der Waals surface area contributed by atoms with Gasteiger partial charge in [-0.15, -0.1) is 0 Å². The van der Waals surface area contributed by atoms with Gasteiger partial charge in [0.25, 0.3) is 0 Å². The van der Waals surface area contributed by atoms with Crippen LogP contribution < -0.4 is 10.6 Å². The molecule has 180 valence electrons. The first-order valence-corrected chi connectivity index (χ1v) is 12.0. The highest BCUT2D eigenvalue weighted by Crippen LogP contribution is 2.14. The number of nitrogen functional groups attached to an aromatic ring is 1. The molecule has 4 nitrogen and oxygen atoms in total. The van der Waals surface area contributed by atoms with Crippen LogP contribution in [0.1, 0.15) is 63.5 Å². The van der Waals surface area contributed by atoms with Crippen molar-refractivity contribution in [3.8, 4) is 0 Å². The van der Waals surface area contributed by atoms with E-state index in [1.54, 1.807) is 30.6 Å². The zero-order valence-corrected chi connectivity index (χ0v) is 21.2. The summed E-state index contributed by atoms with van der Waals surface area (Å²) in [5.41, 5.74) is 7.26.